The molecule has 25 heavy (non-hydrogen) atoms. The van der Waals surface area contributed by atoms with Gasteiger partial charge in [-0.2, -0.15) is 5.10 Å². The Kier molecular flexibility index (Phi) is 3.68. The molecule has 2 aromatic heterocycles. The van der Waals surface area contributed by atoms with E-state index in [1.54, 1.807) is 19.1 Å². The summed E-state index contributed by atoms with van der Waals surface area (Å²) in [5.74, 6) is -1.40. The largest absolute Gasteiger partial charge is 0.300 e. The number of anilines is 2. The summed E-state index contributed by atoms with van der Waals surface area (Å²) in [6, 6.07) is 4.55. The number of carbonyl (C=O) groups excluding carboxylic acids is 2. The molecule has 0 saturated carbocycles. The fraction of sp³-hybridized carbons (Fsp3) is 0.267. The predicted molar refractivity (Wildman–Crippen MR) is 89.8 cm³/mol. The van der Waals surface area contributed by atoms with E-state index in [0.29, 0.717) is 10.6 Å². The molecule has 0 spiro atoms. The zero-order chi connectivity index (χ0) is 17.6. The highest BCUT2D eigenvalue weighted by Gasteiger charge is 2.37. The number of rotatable bonds is 3. The van der Waals surface area contributed by atoms with Gasteiger partial charge in [-0.05, 0) is 19.1 Å². The summed E-state index contributed by atoms with van der Waals surface area (Å²) in [7, 11) is 0. The van der Waals surface area contributed by atoms with Gasteiger partial charge in [0, 0.05) is 13.0 Å². The molecule has 1 saturated heterocycles. The van der Waals surface area contributed by atoms with Crippen LogP contribution < -0.4 is 10.2 Å². The van der Waals surface area contributed by atoms with Crippen molar-refractivity contribution in [2.75, 3.05) is 16.8 Å². The first-order valence-corrected chi connectivity index (χ1v) is 8.38. The van der Waals surface area contributed by atoms with Crippen LogP contribution in [0.25, 0.3) is 10.9 Å². The maximum atomic E-state index is 14.1. The van der Waals surface area contributed by atoms with Crippen LogP contribution in [0.1, 0.15) is 11.4 Å². The van der Waals surface area contributed by atoms with Crippen LogP contribution in [0.5, 0.6) is 0 Å². The zero-order valence-electron chi connectivity index (χ0n) is 13.1. The second-order valence-electron chi connectivity index (χ2n) is 5.73. The highest BCUT2D eigenvalue weighted by Crippen LogP contribution is 2.31. The van der Waals surface area contributed by atoms with Crippen LogP contribution in [0, 0.1) is 18.7 Å². The molecule has 1 unspecified atom stereocenters. The normalized spacial score (nSPS) is 17.4. The Bertz CT molecular complexity index is 983. The minimum absolute atomic E-state index is 0.0342. The van der Waals surface area contributed by atoms with Crippen molar-refractivity contribution in [2.24, 2.45) is 5.92 Å². The number of H-pyrrole nitrogens is 1. The lowest BCUT2D eigenvalue weighted by molar-refractivity contribution is -0.122. The number of hydrogen-bond acceptors (Lipinski definition) is 6. The standard InChI is InChI=1S/C15H13FN6O2S/c1-7-18-21-15(25-7)17-14(24)8-5-11(23)22(6-8)13-12-9(16)3-2-4-10(12)19-20-13/h2-4,8H,5-6H2,1H3,(H,19,20)(H,17,21,24). The second-order valence-corrected chi connectivity index (χ2v) is 6.91. The van der Waals surface area contributed by atoms with Crippen LogP contribution in [0.15, 0.2) is 18.2 Å². The van der Waals surface area contributed by atoms with Gasteiger partial charge >= 0.3 is 0 Å². The maximum absolute atomic E-state index is 14.1. The van der Waals surface area contributed by atoms with Crippen LogP contribution >= 0.6 is 11.3 Å². The lowest BCUT2D eigenvalue weighted by Gasteiger charge is -2.14. The van der Waals surface area contributed by atoms with E-state index in [0.717, 1.165) is 5.01 Å². The molecule has 1 aromatic carbocycles. The second kappa shape index (κ2) is 5.88. The van der Waals surface area contributed by atoms with Gasteiger partial charge in [0.1, 0.15) is 10.8 Å². The number of amides is 2. The van der Waals surface area contributed by atoms with Gasteiger partial charge in [0.25, 0.3) is 0 Å². The van der Waals surface area contributed by atoms with Crippen molar-refractivity contribution in [3.05, 3.63) is 29.0 Å². The molecule has 128 valence electrons. The Hall–Kier alpha value is -2.88. The van der Waals surface area contributed by atoms with Crippen LogP contribution in [0.4, 0.5) is 15.3 Å². The van der Waals surface area contributed by atoms with Crippen molar-refractivity contribution >= 4 is 45.0 Å². The van der Waals surface area contributed by atoms with Gasteiger partial charge in [-0.25, -0.2) is 4.39 Å². The SMILES string of the molecule is Cc1nnc(NC(=O)C2CC(=O)N(c3n[nH]c4cccc(F)c34)C2)s1. The van der Waals surface area contributed by atoms with E-state index in [2.05, 4.69) is 25.7 Å². The number of halogens is 1. The fourth-order valence-electron chi connectivity index (χ4n) is 2.85. The summed E-state index contributed by atoms with van der Waals surface area (Å²) >= 11 is 1.26. The summed E-state index contributed by atoms with van der Waals surface area (Å²) in [6.07, 6.45) is 0.0342. The monoisotopic (exact) mass is 360 g/mol. The smallest absolute Gasteiger partial charge is 0.231 e. The summed E-state index contributed by atoms with van der Waals surface area (Å²) in [5, 5.41) is 18.5. The van der Waals surface area contributed by atoms with Gasteiger partial charge < -0.3 is 5.32 Å². The molecule has 1 aliphatic rings. The van der Waals surface area contributed by atoms with E-state index in [1.165, 1.54) is 22.3 Å². The molecule has 2 amide bonds. The van der Waals surface area contributed by atoms with Crippen molar-refractivity contribution in [1.29, 1.82) is 0 Å². The number of carbonyl (C=O) groups is 2. The number of benzene rings is 1. The van der Waals surface area contributed by atoms with Crippen LogP contribution in [-0.4, -0.2) is 38.8 Å². The lowest BCUT2D eigenvalue weighted by atomic mass is 10.1. The number of aromatic amines is 1. The molecule has 8 nitrogen and oxygen atoms in total. The first-order valence-electron chi connectivity index (χ1n) is 7.57. The van der Waals surface area contributed by atoms with E-state index in [9.17, 15) is 14.0 Å². The van der Waals surface area contributed by atoms with E-state index in [4.69, 9.17) is 0 Å². The first-order chi connectivity index (χ1) is 12.0. The molecule has 1 aliphatic heterocycles. The number of nitrogens with zero attached hydrogens (tertiary/aromatic N) is 4. The summed E-state index contributed by atoms with van der Waals surface area (Å²) in [4.78, 5) is 26.0. The van der Waals surface area contributed by atoms with Crippen LogP contribution in [0.3, 0.4) is 0 Å². The highest BCUT2D eigenvalue weighted by atomic mass is 32.1. The van der Waals surface area contributed by atoms with E-state index in [-0.39, 0.29) is 36.0 Å². The number of fused-ring (bicyclic) bond motifs is 1. The molecule has 0 aliphatic carbocycles. The molecule has 10 heteroatoms. The van der Waals surface area contributed by atoms with E-state index in [1.807, 2.05) is 0 Å². The number of hydrogen-bond donors (Lipinski definition) is 2. The Morgan fingerprint density at radius 3 is 3.04 bits per heavy atom. The molecule has 2 N–H and O–H groups in total. The van der Waals surface area contributed by atoms with Crippen molar-refractivity contribution in [3.8, 4) is 0 Å². The Labute approximate surface area is 145 Å². The minimum Gasteiger partial charge on any atom is -0.300 e. The summed E-state index contributed by atoms with van der Waals surface area (Å²) < 4.78 is 14.1. The minimum atomic E-state index is -0.560. The molecule has 4 rings (SSSR count). The van der Waals surface area contributed by atoms with Gasteiger partial charge in [0.2, 0.25) is 16.9 Å². The lowest BCUT2D eigenvalue weighted by Crippen LogP contribution is -2.28. The predicted octanol–water partition coefficient (Wildman–Crippen LogP) is 1.85. The Morgan fingerprint density at radius 2 is 2.28 bits per heavy atom. The fourth-order valence-corrected chi connectivity index (χ4v) is 3.45. The van der Waals surface area contributed by atoms with Gasteiger partial charge in [-0.3, -0.25) is 19.6 Å². The van der Waals surface area contributed by atoms with Gasteiger partial charge in [-0.15, -0.1) is 10.2 Å². The highest BCUT2D eigenvalue weighted by molar-refractivity contribution is 7.15. The number of nitrogens with one attached hydrogen (secondary N) is 2. The van der Waals surface area contributed by atoms with Crippen molar-refractivity contribution < 1.29 is 14.0 Å². The van der Waals surface area contributed by atoms with Gasteiger partial charge in [-0.1, -0.05) is 17.4 Å². The molecular weight excluding hydrogens is 347 g/mol. The van der Waals surface area contributed by atoms with Crippen molar-refractivity contribution in [2.45, 2.75) is 13.3 Å². The summed E-state index contributed by atoms with van der Waals surface area (Å²) in [5.41, 5.74) is 0.500. The average Bonchev–Trinajstić information content (AvgIpc) is 3.26. The molecular formula is C15H13FN6O2S. The third-order valence-electron chi connectivity index (χ3n) is 4.03. The van der Waals surface area contributed by atoms with Gasteiger partial charge in [0.05, 0.1) is 16.8 Å². The third-order valence-corrected chi connectivity index (χ3v) is 4.78. The zero-order valence-corrected chi connectivity index (χ0v) is 13.9. The molecule has 1 fully saturated rings. The van der Waals surface area contributed by atoms with Crippen LogP contribution in [0.2, 0.25) is 0 Å². The quantitative estimate of drug-likeness (QED) is 0.742. The maximum Gasteiger partial charge on any atom is 0.231 e. The number of aryl methyl sites for hydroxylation is 1. The number of aromatic nitrogens is 4. The third kappa shape index (κ3) is 2.74. The van der Waals surface area contributed by atoms with Crippen molar-refractivity contribution in [3.63, 3.8) is 0 Å². The molecule has 3 heterocycles. The van der Waals surface area contributed by atoms with E-state index < -0.39 is 11.7 Å². The Morgan fingerprint density at radius 1 is 1.44 bits per heavy atom. The molecule has 1 atom stereocenters. The molecule has 0 bridgehead atoms. The summed E-state index contributed by atoms with van der Waals surface area (Å²) in [6.45, 7) is 1.92. The molecule has 3 aromatic rings. The van der Waals surface area contributed by atoms with Crippen LogP contribution in [-0.2, 0) is 9.59 Å². The van der Waals surface area contributed by atoms with E-state index >= 15 is 0 Å². The van der Waals surface area contributed by atoms with Gasteiger partial charge in [0.15, 0.2) is 5.82 Å². The van der Waals surface area contributed by atoms with Crippen molar-refractivity contribution in [1.82, 2.24) is 20.4 Å². The first kappa shape index (κ1) is 15.6. The topological polar surface area (TPSA) is 104 Å². The average molecular weight is 360 g/mol. The molecule has 0 radical (unpaired) electrons. The Balaban J connectivity index is 1.56.